The molecule has 0 spiro atoms. The lowest BCUT2D eigenvalue weighted by molar-refractivity contribution is 0.576. The van der Waals surface area contributed by atoms with Crippen LogP contribution in [0.25, 0.3) is 0 Å². The average Bonchev–Trinajstić information content (AvgIpc) is 2.41. The molecule has 19 heavy (non-hydrogen) atoms. The lowest BCUT2D eigenvalue weighted by Crippen LogP contribution is -2.21. The molecule has 0 aliphatic carbocycles. The molecule has 1 heteroatoms. The summed E-state index contributed by atoms with van der Waals surface area (Å²) in [5.41, 5.74) is 5.51. The van der Waals surface area contributed by atoms with Gasteiger partial charge < -0.3 is 5.32 Å². The van der Waals surface area contributed by atoms with Gasteiger partial charge in [0.25, 0.3) is 0 Å². The lowest BCUT2D eigenvalue weighted by atomic mass is 10.0. The summed E-state index contributed by atoms with van der Waals surface area (Å²) >= 11 is 0. The smallest absolute Gasteiger partial charge is 0.0292 e. The van der Waals surface area contributed by atoms with E-state index in [0.717, 1.165) is 13.0 Å². The zero-order valence-corrected chi connectivity index (χ0v) is 12.1. The van der Waals surface area contributed by atoms with Crippen LogP contribution in [0, 0.1) is 13.8 Å². The average molecular weight is 253 g/mol. The zero-order valence-electron chi connectivity index (χ0n) is 12.1. The predicted molar refractivity (Wildman–Crippen MR) is 82.5 cm³/mol. The molecule has 0 radical (unpaired) electrons. The first kappa shape index (κ1) is 13.8. The molecule has 2 rings (SSSR count). The molecule has 1 nitrogen and oxygen atoms in total. The lowest BCUT2D eigenvalue weighted by Gasteiger charge is -2.15. The van der Waals surface area contributed by atoms with Gasteiger partial charge in [0, 0.05) is 6.04 Å². The van der Waals surface area contributed by atoms with Gasteiger partial charge in [-0.3, -0.25) is 0 Å². The zero-order chi connectivity index (χ0) is 13.7. The van der Waals surface area contributed by atoms with E-state index in [2.05, 4.69) is 74.6 Å². The SMILES string of the molecule is Cc1cccc(C(C)NCCc2ccccc2C)c1. The molecule has 2 aromatic rings. The maximum atomic E-state index is 3.60. The van der Waals surface area contributed by atoms with Gasteiger partial charge in [-0.2, -0.15) is 0 Å². The number of nitrogens with one attached hydrogen (secondary N) is 1. The van der Waals surface area contributed by atoms with Crippen LogP contribution in [0.2, 0.25) is 0 Å². The largest absolute Gasteiger partial charge is 0.310 e. The standard InChI is InChI=1S/C18H23N/c1-14-7-6-10-18(13-14)16(3)19-12-11-17-9-5-4-8-15(17)2/h4-10,13,16,19H,11-12H2,1-3H3. The van der Waals surface area contributed by atoms with Gasteiger partial charge in [-0.1, -0.05) is 54.1 Å². The highest BCUT2D eigenvalue weighted by atomic mass is 14.9. The van der Waals surface area contributed by atoms with Crippen LogP contribution in [0.3, 0.4) is 0 Å². The van der Waals surface area contributed by atoms with Crippen molar-refractivity contribution in [3.8, 4) is 0 Å². The number of aryl methyl sites for hydroxylation is 2. The van der Waals surface area contributed by atoms with E-state index in [9.17, 15) is 0 Å². The summed E-state index contributed by atoms with van der Waals surface area (Å²) in [4.78, 5) is 0. The predicted octanol–water partition coefficient (Wildman–Crippen LogP) is 4.20. The Balaban J connectivity index is 1.88. The summed E-state index contributed by atoms with van der Waals surface area (Å²) in [6.07, 6.45) is 1.09. The van der Waals surface area contributed by atoms with Gasteiger partial charge in [0.15, 0.2) is 0 Å². The van der Waals surface area contributed by atoms with Crippen molar-refractivity contribution in [3.05, 3.63) is 70.8 Å². The fourth-order valence-corrected chi connectivity index (χ4v) is 2.37. The van der Waals surface area contributed by atoms with Gasteiger partial charge >= 0.3 is 0 Å². The van der Waals surface area contributed by atoms with Gasteiger partial charge in [-0.05, 0) is 50.4 Å². The van der Waals surface area contributed by atoms with Crippen molar-refractivity contribution in [2.45, 2.75) is 33.2 Å². The van der Waals surface area contributed by atoms with Gasteiger partial charge in [0.05, 0.1) is 0 Å². The summed E-state index contributed by atoms with van der Waals surface area (Å²) in [6.45, 7) is 7.56. The topological polar surface area (TPSA) is 12.0 Å². The van der Waals surface area contributed by atoms with Crippen molar-refractivity contribution in [3.63, 3.8) is 0 Å². The molecule has 0 aliphatic rings. The van der Waals surface area contributed by atoms with Crippen LogP contribution in [0.1, 0.15) is 35.2 Å². The third-order valence-corrected chi connectivity index (χ3v) is 3.65. The molecule has 0 aliphatic heterocycles. The molecular weight excluding hydrogens is 230 g/mol. The van der Waals surface area contributed by atoms with Gasteiger partial charge in [-0.25, -0.2) is 0 Å². The molecule has 100 valence electrons. The van der Waals surface area contributed by atoms with E-state index in [4.69, 9.17) is 0 Å². The van der Waals surface area contributed by atoms with Crippen molar-refractivity contribution in [1.29, 1.82) is 0 Å². The van der Waals surface area contributed by atoms with Crippen LogP contribution in [-0.4, -0.2) is 6.54 Å². The minimum Gasteiger partial charge on any atom is -0.310 e. The van der Waals surface area contributed by atoms with Crippen LogP contribution < -0.4 is 5.32 Å². The maximum absolute atomic E-state index is 3.60. The van der Waals surface area contributed by atoms with Gasteiger partial charge in [0.1, 0.15) is 0 Å². The van der Waals surface area contributed by atoms with Crippen LogP contribution in [0.5, 0.6) is 0 Å². The molecule has 0 heterocycles. The second-order valence-corrected chi connectivity index (χ2v) is 5.27. The summed E-state index contributed by atoms with van der Waals surface area (Å²) in [5, 5.41) is 3.60. The van der Waals surface area contributed by atoms with Crippen LogP contribution in [0.4, 0.5) is 0 Å². The molecule has 0 aromatic heterocycles. The summed E-state index contributed by atoms with van der Waals surface area (Å²) in [5.74, 6) is 0. The summed E-state index contributed by atoms with van der Waals surface area (Å²) < 4.78 is 0. The van der Waals surface area contributed by atoms with E-state index in [1.54, 1.807) is 0 Å². The number of hydrogen-bond donors (Lipinski definition) is 1. The Morgan fingerprint density at radius 3 is 2.53 bits per heavy atom. The molecular formula is C18H23N. The number of hydrogen-bond acceptors (Lipinski definition) is 1. The highest BCUT2D eigenvalue weighted by Crippen LogP contribution is 2.14. The Bertz CT molecular complexity index is 531. The maximum Gasteiger partial charge on any atom is 0.0292 e. The fraction of sp³-hybridized carbons (Fsp3) is 0.333. The molecule has 0 saturated heterocycles. The number of benzene rings is 2. The Hall–Kier alpha value is -1.60. The second-order valence-electron chi connectivity index (χ2n) is 5.27. The first-order valence-electron chi connectivity index (χ1n) is 7.01. The molecule has 0 amide bonds. The fourth-order valence-electron chi connectivity index (χ4n) is 2.37. The van der Waals surface area contributed by atoms with Gasteiger partial charge in [0.2, 0.25) is 0 Å². The highest BCUT2D eigenvalue weighted by Gasteiger charge is 2.04. The van der Waals surface area contributed by atoms with E-state index in [-0.39, 0.29) is 0 Å². The van der Waals surface area contributed by atoms with Crippen LogP contribution in [0.15, 0.2) is 48.5 Å². The molecule has 0 saturated carbocycles. The Labute approximate surface area is 116 Å². The first-order valence-corrected chi connectivity index (χ1v) is 7.01. The monoisotopic (exact) mass is 253 g/mol. The molecule has 1 N–H and O–H groups in total. The Kier molecular flexibility index (Phi) is 4.75. The quantitative estimate of drug-likeness (QED) is 0.842. The molecule has 1 unspecified atom stereocenters. The number of rotatable bonds is 5. The normalized spacial score (nSPS) is 12.4. The molecule has 0 bridgehead atoms. The molecule has 2 aromatic carbocycles. The third-order valence-electron chi connectivity index (χ3n) is 3.65. The summed E-state index contributed by atoms with van der Waals surface area (Å²) in [7, 11) is 0. The van der Waals surface area contributed by atoms with E-state index >= 15 is 0 Å². The van der Waals surface area contributed by atoms with Crippen molar-refractivity contribution in [1.82, 2.24) is 5.32 Å². The van der Waals surface area contributed by atoms with E-state index in [0.29, 0.717) is 6.04 Å². The molecule has 0 fully saturated rings. The van der Waals surface area contributed by atoms with Crippen molar-refractivity contribution >= 4 is 0 Å². The molecule has 1 atom stereocenters. The van der Waals surface area contributed by atoms with E-state index < -0.39 is 0 Å². The minimum absolute atomic E-state index is 0.406. The van der Waals surface area contributed by atoms with E-state index in [1.807, 2.05) is 0 Å². The Morgan fingerprint density at radius 2 is 1.79 bits per heavy atom. The summed E-state index contributed by atoms with van der Waals surface area (Å²) in [6, 6.07) is 17.7. The third kappa shape index (κ3) is 3.93. The van der Waals surface area contributed by atoms with Gasteiger partial charge in [-0.15, -0.1) is 0 Å². The first-order chi connectivity index (χ1) is 9.16. The van der Waals surface area contributed by atoms with E-state index in [1.165, 1.54) is 22.3 Å². The highest BCUT2D eigenvalue weighted by molar-refractivity contribution is 5.26. The van der Waals surface area contributed by atoms with Crippen LogP contribution in [-0.2, 0) is 6.42 Å². The second kappa shape index (κ2) is 6.53. The van der Waals surface area contributed by atoms with Crippen molar-refractivity contribution in [2.75, 3.05) is 6.54 Å². The minimum atomic E-state index is 0.406. The van der Waals surface area contributed by atoms with Crippen molar-refractivity contribution < 1.29 is 0 Å². The van der Waals surface area contributed by atoms with Crippen LogP contribution >= 0.6 is 0 Å². The van der Waals surface area contributed by atoms with Crippen molar-refractivity contribution in [2.24, 2.45) is 0 Å². The Morgan fingerprint density at radius 1 is 1.00 bits per heavy atom.